The summed E-state index contributed by atoms with van der Waals surface area (Å²) in [4.78, 5) is 0. The number of anilines is 1. The number of rotatable bonds is 4. The third-order valence-corrected chi connectivity index (χ3v) is 2.70. The van der Waals surface area contributed by atoms with Gasteiger partial charge in [0.25, 0.3) is 0 Å². The lowest BCUT2D eigenvalue weighted by atomic mass is 9.93. The van der Waals surface area contributed by atoms with E-state index in [4.69, 9.17) is 5.73 Å². The first-order valence-electron chi connectivity index (χ1n) is 5.84. The second-order valence-electron chi connectivity index (χ2n) is 4.62. The van der Waals surface area contributed by atoms with Crippen LogP contribution in [0.2, 0.25) is 0 Å². The van der Waals surface area contributed by atoms with Crippen LogP contribution >= 0.6 is 0 Å². The zero-order valence-electron chi connectivity index (χ0n) is 10.6. The van der Waals surface area contributed by atoms with Gasteiger partial charge in [-0.2, -0.15) is 0 Å². The zero-order valence-corrected chi connectivity index (χ0v) is 10.6. The second kappa shape index (κ2) is 5.59. The predicted octanol–water partition coefficient (Wildman–Crippen LogP) is 3.78. The van der Waals surface area contributed by atoms with Gasteiger partial charge in [0, 0.05) is 18.1 Å². The molecule has 1 aromatic rings. The van der Waals surface area contributed by atoms with Crippen molar-refractivity contribution in [1.82, 2.24) is 0 Å². The molecule has 1 rings (SSSR count). The van der Waals surface area contributed by atoms with E-state index in [0.717, 1.165) is 0 Å². The monoisotopic (exact) mass is 218 g/mol. The average molecular weight is 218 g/mol. The summed E-state index contributed by atoms with van der Waals surface area (Å²) in [5, 5.41) is 3.29. The van der Waals surface area contributed by atoms with E-state index in [2.05, 4.69) is 51.2 Å². The molecule has 0 aliphatic carbocycles. The summed E-state index contributed by atoms with van der Waals surface area (Å²) in [6.45, 7) is 8.82. The highest BCUT2D eigenvalue weighted by Gasteiger charge is 2.12. The molecular formula is C14H22N2. The molecule has 88 valence electrons. The number of benzene rings is 1. The molecule has 0 bridgehead atoms. The van der Waals surface area contributed by atoms with Gasteiger partial charge in [-0.1, -0.05) is 45.9 Å². The van der Waals surface area contributed by atoms with Crippen LogP contribution in [0.15, 0.2) is 30.6 Å². The molecule has 0 amide bonds. The van der Waals surface area contributed by atoms with Crippen LogP contribution in [-0.2, 0) is 0 Å². The van der Waals surface area contributed by atoms with Crippen molar-refractivity contribution in [3.63, 3.8) is 0 Å². The quantitative estimate of drug-likeness (QED) is 0.807. The van der Waals surface area contributed by atoms with Crippen molar-refractivity contribution in [2.24, 2.45) is 5.73 Å². The van der Waals surface area contributed by atoms with Gasteiger partial charge >= 0.3 is 0 Å². The smallest absolute Gasteiger partial charge is 0.0450 e. The SMILES string of the molecule is CC(C)c1cccc(C(C)C)c1N/C=C\N. The fraction of sp³-hybridized carbons (Fsp3) is 0.429. The maximum atomic E-state index is 5.39. The van der Waals surface area contributed by atoms with Crippen LogP contribution in [0.3, 0.4) is 0 Å². The van der Waals surface area contributed by atoms with Gasteiger partial charge < -0.3 is 11.1 Å². The van der Waals surface area contributed by atoms with Gasteiger partial charge in [-0.05, 0) is 23.0 Å². The first-order valence-corrected chi connectivity index (χ1v) is 5.84. The van der Waals surface area contributed by atoms with Crippen molar-refractivity contribution in [3.05, 3.63) is 41.7 Å². The highest BCUT2D eigenvalue weighted by Crippen LogP contribution is 2.32. The fourth-order valence-corrected chi connectivity index (χ4v) is 1.85. The molecular weight excluding hydrogens is 196 g/mol. The topological polar surface area (TPSA) is 38.0 Å². The molecule has 0 radical (unpaired) electrons. The number of hydrogen-bond donors (Lipinski definition) is 2. The van der Waals surface area contributed by atoms with E-state index in [1.807, 2.05) is 0 Å². The Labute approximate surface area is 98.6 Å². The Bertz CT molecular complexity index is 339. The summed E-state index contributed by atoms with van der Waals surface area (Å²) in [5.41, 5.74) is 9.26. The minimum Gasteiger partial charge on any atom is -0.403 e. The first-order chi connectivity index (χ1) is 7.57. The van der Waals surface area contributed by atoms with Crippen molar-refractivity contribution in [2.45, 2.75) is 39.5 Å². The van der Waals surface area contributed by atoms with E-state index in [0.29, 0.717) is 11.8 Å². The summed E-state index contributed by atoms with van der Waals surface area (Å²) < 4.78 is 0. The lowest BCUT2D eigenvalue weighted by Crippen LogP contribution is -2.03. The number of nitrogens with one attached hydrogen (secondary N) is 1. The molecule has 0 saturated heterocycles. The van der Waals surface area contributed by atoms with E-state index in [-0.39, 0.29) is 0 Å². The van der Waals surface area contributed by atoms with Crippen molar-refractivity contribution in [1.29, 1.82) is 0 Å². The van der Waals surface area contributed by atoms with Gasteiger partial charge in [-0.25, -0.2) is 0 Å². The van der Waals surface area contributed by atoms with E-state index in [9.17, 15) is 0 Å². The van der Waals surface area contributed by atoms with Crippen LogP contribution in [0.25, 0.3) is 0 Å². The van der Waals surface area contributed by atoms with Gasteiger partial charge in [-0.3, -0.25) is 0 Å². The molecule has 0 spiro atoms. The van der Waals surface area contributed by atoms with Crippen LogP contribution in [0, 0.1) is 0 Å². The Kier molecular flexibility index (Phi) is 4.41. The Balaban J connectivity index is 3.23. The molecule has 0 saturated carbocycles. The third kappa shape index (κ3) is 2.78. The molecule has 2 heteroatoms. The molecule has 3 N–H and O–H groups in total. The molecule has 0 aliphatic rings. The van der Waals surface area contributed by atoms with Gasteiger partial charge in [-0.15, -0.1) is 0 Å². The normalized spacial score (nSPS) is 11.6. The largest absolute Gasteiger partial charge is 0.403 e. The molecule has 0 aromatic heterocycles. The van der Waals surface area contributed by atoms with Crippen molar-refractivity contribution in [2.75, 3.05) is 5.32 Å². The zero-order chi connectivity index (χ0) is 12.1. The van der Waals surface area contributed by atoms with Crippen LogP contribution < -0.4 is 11.1 Å². The standard InChI is InChI=1S/C14H22N2/c1-10(2)12-6-5-7-13(11(3)4)14(12)16-9-8-15/h5-11,16H,15H2,1-4H3/b9-8-. The van der Waals surface area contributed by atoms with Gasteiger partial charge in [0.15, 0.2) is 0 Å². The van der Waals surface area contributed by atoms with E-state index < -0.39 is 0 Å². The van der Waals surface area contributed by atoms with Crippen LogP contribution in [-0.4, -0.2) is 0 Å². The molecule has 0 aliphatic heterocycles. The Morgan fingerprint density at radius 2 is 1.56 bits per heavy atom. The van der Waals surface area contributed by atoms with Gasteiger partial charge in [0.2, 0.25) is 0 Å². The number of nitrogens with two attached hydrogens (primary N) is 1. The Morgan fingerprint density at radius 1 is 1.06 bits per heavy atom. The molecule has 0 heterocycles. The van der Waals surface area contributed by atoms with Gasteiger partial charge in [0.1, 0.15) is 0 Å². The highest BCUT2D eigenvalue weighted by atomic mass is 14.9. The fourth-order valence-electron chi connectivity index (χ4n) is 1.85. The van der Waals surface area contributed by atoms with E-state index in [1.165, 1.54) is 23.0 Å². The molecule has 16 heavy (non-hydrogen) atoms. The Morgan fingerprint density at radius 3 is 1.94 bits per heavy atom. The van der Waals surface area contributed by atoms with Crippen molar-refractivity contribution in [3.8, 4) is 0 Å². The summed E-state index contributed by atoms with van der Waals surface area (Å²) in [7, 11) is 0. The lowest BCUT2D eigenvalue weighted by Gasteiger charge is -2.19. The third-order valence-electron chi connectivity index (χ3n) is 2.70. The molecule has 1 aromatic carbocycles. The van der Waals surface area contributed by atoms with Crippen LogP contribution in [0.1, 0.15) is 50.7 Å². The predicted molar refractivity (Wildman–Crippen MR) is 71.6 cm³/mol. The van der Waals surface area contributed by atoms with Crippen molar-refractivity contribution < 1.29 is 0 Å². The molecule has 0 fully saturated rings. The Hall–Kier alpha value is -1.44. The van der Waals surface area contributed by atoms with Crippen LogP contribution in [0.4, 0.5) is 5.69 Å². The number of hydrogen-bond acceptors (Lipinski definition) is 2. The summed E-state index contributed by atoms with van der Waals surface area (Å²) in [5.74, 6) is 1.01. The van der Waals surface area contributed by atoms with Gasteiger partial charge in [0.05, 0.1) is 0 Å². The maximum absolute atomic E-state index is 5.39. The first kappa shape index (κ1) is 12.6. The average Bonchev–Trinajstić information content (AvgIpc) is 2.25. The van der Waals surface area contributed by atoms with Crippen molar-refractivity contribution >= 4 is 5.69 Å². The summed E-state index contributed by atoms with van der Waals surface area (Å²) in [6.07, 6.45) is 3.31. The lowest BCUT2D eigenvalue weighted by molar-refractivity contribution is 0.838. The van der Waals surface area contributed by atoms with E-state index in [1.54, 1.807) is 6.20 Å². The molecule has 2 nitrogen and oxygen atoms in total. The summed E-state index contributed by atoms with van der Waals surface area (Å²) in [6, 6.07) is 6.47. The maximum Gasteiger partial charge on any atom is 0.0450 e. The summed E-state index contributed by atoms with van der Waals surface area (Å²) >= 11 is 0. The number of para-hydroxylation sites is 1. The highest BCUT2D eigenvalue weighted by molar-refractivity contribution is 5.61. The van der Waals surface area contributed by atoms with Crippen LogP contribution in [0.5, 0.6) is 0 Å². The second-order valence-corrected chi connectivity index (χ2v) is 4.62. The minimum absolute atomic E-state index is 0.507. The van der Waals surface area contributed by atoms with E-state index >= 15 is 0 Å². The minimum atomic E-state index is 0.507. The molecule has 0 atom stereocenters. The molecule has 0 unspecified atom stereocenters.